The number of amides is 1. The molecule has 0 aromatic heterocycles. The van der Waals surface area contributed by atoms with Crippen molar-refractivity contribution in [3.8, 4) is 0 Å². The lowest BCUT2D eigenvalue weighted by Crippen LogP contribution is -2.31. The van der Waals surface area contributed by atoms with Gasteiger partial charge in [-0.15, -0.1) is 0 Å². The zero-order valence-corrected chi connectivity index (χ0v) is 11.6. The normalized spacial score (nSPS) is 10.8. The van der Waals surface area contributed by atoms with Gasteiger partial charge in [-0.05, 0) is 12.8 Å². The summed E-state index contributed by atoms with van der Waals surface area (Å²) in [7, 11) is 0. The first kappa shape index (κ1) is 16.4. The lowest BCUT2D eigenvalue weighted by Gasteiger charge is -2.08. The van der Waals surface area contributed by atoms with Crippen LogP contribution in [0.5, 0.6) is 0 Å². The summed E-state index contributed by atoms with van der Waals surface area (Å²) in [4.78, 5) is 11.4. The molecule has 17 heavy (non-hydrogen) atoms. The molecule has 0 aliphatic heterocycles. The Morgan fingerprint density at radius 2 is 1.88 bits per heavy atom. The van der Waals surface area contributed by atoms with Crippen molar-refractivity contribution in [2.45, 2.75) is 52.5 Å². The number of carbonyl (C=O) groups excluding carboxylic acids is 1. The molecule has 0 aromatic carbocycles. The summed E-state index contributed by atoms with van der Waals surface area (Å²) in [6, 6.07) is 0.440. The molecule has 2 N–H and O–H groups in total. The fourth-order valence-electron chi connectivity index (χ4n) is 1.31. The van der Waals surface area contributed by atoms with E-state index in [2.05, 4.69) is 31.4 Å². The molecule has 0 aliphatic rings. The zero-order valence-electron chi connectivity index (χ0n) is 11.6. The van der Waals surface area contributed by atoms with E-state index in [-0.39, 0.29) is 5.91 Å². The third-order valence-corrected chi connectivity index (χ3v) is 2.33. The Balaban J connectivity index is 3.16. The third-order valence-electron chi connectivity index (χ3n) is 2.33. The van der Waals surface area contributed by atoms with Gasteiger partial charge in [-0.1, -0.05) is 27.2 Å². The molecule has 0 saturated carbocycles. The average molecular weight is 244 g/mol. The first-order valence-corrected chi connectivity index (χ1v) is 6.74. The highest BCUT2D eigenvalue weighted by atomic mass is 16.5. The average Bonchev–Trinajstić information content (AvgIpc) is 2.27. The quantitative estimate of drug-likeness (QED) is 0.544. The molecule has 4 nitrogen and oxygen atoms in total. The summed E-state index contributed by atoms with van der Waals surface area (Å²) in [5.74, 6) is 0.117. The SMILES string of the molecule is CCCCOCCCNC(=O)CCNC(C)C. The lowest BCUT2D eigenvalue weighted by atomic mass is 10.3. The fraction of sp³-hybridized carbons (Fsp3) is 0.923. The van der Waals surface area contributed by atoms with Crippen molar-refractivity contribution in [2.75, 3.05) is 26.3 Å². The van der Waals surface area contributed by atoms with Gasteiger partial charge in [-0.25, -0.2) is 0 Å². The highest BCUT2D eigenvalue weighted by Gasteiger charge is 2.00. The molecule has 0 aromatic rings. The van der Waals surface area contributed by atoms with Crippen LogP contribution in [0.2, 0.25) is 0 Å². The molecule has 0 saturated heterocycles. The molecule has 0 heterocycles. The first-order valence-electron chi connectivity index (χ1n) is 6.74. The van der Waals surface area contributed by atoms with Crippen LogP contribution in [0.15, 0.2) is 0 Å². The topological polar surface area (TPSA) is 50.4 Å². The Morgan fingerprint density at radius 3 is 2.53 bits per heavy atom. The van der Waals surface area contributed by atoms with Crippen LogP contribution in [-0.4, -0.2) is 38.3 Å². The van der Waals surface area contributed by atoms with Crippen molar-refractivity contribution in [3.63, 3.8) is 0 Å². The summed E-state index contributed by atoms with van der Waals surface area (Å²) in [6.07, 6.45) is 3.73. The van der Waals surface area contributed by atoms with E-state index in [1.807, 2.05) is 0 Å². The molecule has 0 spiro atoms. The molecule has 0 unspecified atom stereocenters. The van der Waals surface area contributed by atoms with Gasteiger partial charge in [0.25, 0.3) is 0 Å². The van der Waals surface area contributed by atoms with E-state index in [1.165, 1.54) is 6.42 Å². The maximum Gasteiger partial charge on any atom is 0.221 e. The third kappa shape index (κ3) is 13.3. The highest BCUT2D eigenvalue weighted by molar-refractivity contribution is 5.75. The molecule has 0 aliphatic carbocycles. The molecule has 0 bridgehead atoms. The van der Waals surface area contributed by atoms with Crippen LogP contribution in [0, 0.1) is 0 Å². The van der Waals surface area contributed by atoms with Gasteiger partial charge in [-0.3, -0.25) is 4.79 Å². The summed E-state index contributed by atoms with van der Waals surface area (Å²) in [5.41, 5.74) is 0. The van der Waals surface area contributed by atoms with Crippen molar-refractivity contribution in [1.82, 2.24) is 10.6 Å². The van der Waals surface area contributed by atoms with Gasteiger partial charge in [0.05, 0.1) is 0 Å². The van der Waals surface area contributed by atoms with Crippen molar-refractivity contribution < 1.29 is 9.53 Å². The summed E-state index contributed by atoms with van der Waals surface area (Å²) in [6.45, 7) is 9.34. The number of hydrogen-bond donors (Lipinski definition) is 2. The lowest BCUT2D eigenvalue weighted by molar-refractivity contribution is -0.121. The minimum atomic E-state index is 0.117. The van der Waals surface area contributed by atoms with Gasteiger partial charge in [0.15, 0.2) is 0 Å². The van der Waals surface area contributed by atoms with E-state index >= 15 is 0 Å². The Morgan fingerprint density at radius 1 is 1.18 bits per heavy atom. The second-order valence-electron chi connectivity index (χ2n) is 4.53. The number of ether oxygens (including phenoxy) is 1. The van der Waals surface area contributed by atoms with E-state index in [9.17, 15) is 4.79 Å². The molecule has 102 valence electrons. The van der Waals surface area contributed by atoms with Crippen molar-refractivity contribution in [2.24, 2.45) is 0 Å². The fourth-order valence-corrected chi connectivity index (χ4v) is 1.31. The number of nitrogens with one attached hydrogen (secondary N) is 2. The Kier molecular flexibility index (Phi) is 11.4. The smallest absolute Gasteiger partial charge is 0.221 e. The van der Waals surface area contributed by atoms with Crippen LogP contribution >= 0.6 is 0 Å². The molecule has 0 fully saturated rings. The number of hydrogen-bond acceptors (Lipinski definition) is 3. The summed E-state index contributed by atoms with van der Waals surface area (Å²) >= 11 is 0. The van der Waals surface area contributed by atoms with E-state index in [4.69, 9.17) is 4.74 Å². The van der Waals surface area contributed by atoms with E-state index < -0.39 is 0 Å². The van der Waals surface area contributed by atoms with Crippen molar-refractivity contribution >= 4 is 5.91 Å². The predicted molar refractivity (Wildman–Crippen MR) is 71.1 cm³/mol. The highest BCUT2D eigenvalue weighted by Crippen LogP contribution is 1.89. The molecule has 0 radical (unpaired) electrons. The standard InChI is InChI=1S/C13H28N2O2/c1-4-5-10-17-11-6-8-15-13(16)7-9-14-12(2)3/h12,14H,4-11H2,1-3H3,(H,15,16). The van der Waals surface area contributed by atoms with Gasteiger partial charge >= 0.3 is 0 Å². The van der Waals surface area contributed by atoms with Gasteiger partial charge in [0.1, 0.15) is 0 Å². The van der Waals surface area contributed by atoms with Crippen LogP contribution < -0.4 is 10.6 Å². The molecular weight excluding hydrogens is 216 g/mol. The number of rotatable bonds is 11. The minimum absolute atomic E-state index is 0.117. The van der Waals surface area contributed by atoms with Crippen molar-refractivity contribution in [1.29, 1.82) is 0 Å². The van der Waals surface area contributed by atoms with E-state index in [0.717, 1.165) is 32.6 Å². The number of carbonyl (C=O) groups is 1. The first-order chi connectivity index (χ1) is 8.16. The van der Waals surface area contributed by atoms with E-state index in [1.54, 1.807) is 0 Å². The maximum atomic E-state index is 11.4. The second-order valence-corrected chi connectivity index (χ2v) is 4.53. The van der Waals surface area contributed by atoms with Crippen LogP contribution in [-0.2, 0) is 9.53 Å². The van der Waals surface area contributed by atoms with Crippen LogP contribution in [0.3, 0.4) is 0 Å². The molecule has 0 rings (SSSR count). The second kappa shape index (κ2) is 11.9. The van der Waals surface area contributed by atoms with Crippen molar-refractivity contribution in [3.05, 3.63) is 0 Å². The zero-order chi connectivity index (χ0) is 12.9. The Hall–Kier alpha value is -0.610. The molecule has 1 amide bonds. The Labute approximate surface area is 105 Å². The molecule has 4 heteroatoms. The Bertz CT molecular complexity index is 184. The number of unbranched alkanes of at least 4 members (excludes halogenated alkanes) is 1. The minimum Gasteiger partial charge on any atom is -0.381 e. The van der Waals surface area contributed by atoms with E-state index in [0.29, 0.717) is 19.0 Å². The van der Waals surface area contributed by atoms with Crippen LogP contribution in [0.25, 0.3) is 0 Å². The van der Waals surface area contributed by atoms with Gasteiger partial charge in [0, 0.05) is 38.8 Å². The van der Waals surface area contributed by atoms with Gasteiger partial charge in [-0.2, -0.15) is 0 Å². The largest absolute Gasteiger partial charge is 0.381 e. The monoisotopic (exact) mass is 244 g/mol. The molecule has 0 atom stereocenters. The van der Waals surface area contributed by atoms with Gasteiger partial charge in [0.2, 0.25) is 5.91 Å². The maximum absolute atomic E-state index is 11.4. The summed E-state index contributed by atoms with van der Waals surface area (Å²) < 4.78 is 5.40. The van der Waals surface area contributed by atoms with Gasteiger partial charge < -0.3 is 15.4 Å². The summed E-state index contributed by atoms with van der Waals surface area (Å²) in [5, 5.41) is 6.10. The predicted octanol–water partition coefficient (Wildman–Crippen LogP) is 1.70. The molecular formula is C13H28N2O2. The van der Waals surface area contributed by atoms with Crippen LogP contribution in [0.4, 0.5) is 0 Å². The van der Waals surface area contributed by atoms with Crippen LogP contribution in [0.1, 0.15) is 46.5 Å².